The van der Waals surface area contributed by atoms with Gasteiger partial charge in [0.05, 0.1) is 12.5 Å². The van der Waals surface area contributed by atoms with Crippen molar-refractivity contribution in [3.05, 3.63) is 17.1 Å². The molecule has 0 heterocycles. The number of nitrogens with zero attached hydrogens (tertiary/aromatic N) is 2. The molecule has 0 fully saturated rings. The van der Waals surface area contributed by atoms with E-state index in [2.05, 4.69) is 10.5 Å². The van der Waals surface area contributed by atoms with E-state index in [1.807, 2.05) is 0 Å². The largest absolute Gasteiger partial charge is 0.356 e. The Bertz CT molecular complexity index is 242. The normalized spacial score (nSPS) is 12.0. The summed E-state index contributed by atoms with van der Waals surface area (Å²) < 4.78 is 0. The van der Waals surface area contributed by atoms with Gasteiger partial charge in [0.1, 0.15) is 6.04 Å². The lowest BCUT2D eigenvalue weighted by Crippen LogP contribution is -2.25. The number of allylic oxidation sites excluding steroid dienone is 1. The van der Waals surface area contributed by atoms with Gasteiger partial charge in [-0.3, -0.25) is 4.79 Å². The van der Waals surface area contributed by atoms with Crippen LogP contribution in [-0.2, 0) is 4.79 Å². The highest BCUT2D eigenvalue weighted by Gasteiger charge is 2.09. The molecule has 0 aromatic carbocycles. The van der Waals surface area contributed by atoms with Crippen molar-refractivity contribution < 1.29 is 4.79 Å². The van der Waals surface area contributed by atoms with Gasteiger partial charge in [0, 0.05) is 12.6 Å². The molecule has 0 saturated carbocycles. The Hall–Kier alpha value is -1.70. The Morgan fingerprint density at radius 3 is 2.92 bits per heavy atom. The van der Waals surface area contributed by atoms with E-state index in [4.69, 9.17) is 5.26 Å². The summed E-state index contributed by atoms with van der Waals surface area (Å²) in [5.41, 5.74) is 0. The predicted octanol–water partition coefficient (Wildman–Crippen LogP) is 0.727. The van der Waals surface area contributed by atoms with E-state index in [0.717, 1.165) is 6.08 Å². The van der Waals surface area contributed by atoms with Gasteiger partial charge in [-0.05, 0) is 13.0 Å². The highest BCUT2D eigenvalue weighted by Crippen LogP contribution is 1.99. The molecule has 0 aromatic heterocycles. The van der Waals surface area contributed by atoms with E-state index in [9.17, 15) is 9.70 Å². The van der Waals surface area contributed by atoms with Crippen molar-refractivity contribution in [2.75, 3.05) is 6.54 Å². The zero-order valence-corrected chi connectivity index (χ0v) is 7.36. The number of carbonyl (C=O) groups excluding carboxylic acids is 1. The summed E-state index contributed by atoms with van der Waals surface area (Å²) in [5.74, 6) is -0.241. The maximum absolute atomic E-state index is 10.9. The second-order valence-corrected chi connectivity index (χ2v) is 2.32. The van der Waals surface area contributed by atoms with E-state index in [-0.39, 0.29) is 12.3 Å². The highest BCUT2D eigenvalue weighted by molar-refractivity contribution is 5.76. The van der Waals surface area contributed by atoms with Crippen LogP contribution < -0.4 is 5.32 Å². The zero-order valence-electron chi connectivity index (χ0n) is 7.36. The van der Waals surface area contributed by atoms with Gasteiger partial charge in [-0.15, -0.1) is 0 Å². The molecule has 0 rings (SSSR count). The Labute approximate surface area is 76.4 Å². The third-order valence-electron chi connectivity index (χ3n) is 1.30. The molecule has 5 nitrogen and oxygen atoms in total. The summed E-state index contributed by atoms with van der Waals surface area (Å²) in [5, 5.41) is 13.4. The summed E-state index contributed by atoms with van der Waals surface area (Å²) in [6.45, 7) is 2.30. The summed E-state index contributed by atoms with van der Waals surface area (Å²) in [6, 6.07) is 0.982. The van der Waals surface area contributed by atoms with Gasteiger partial charge < -0.3 is 5.32 Å². The molecule has 0 spiro atoms. The highest BCUT2D eigenvalue weighted by atomic mass is 16.3. The lowest BCUT2D eigenvalue weighted by atomic mass is 10.2. The second-order valence-electron chi connectivity index (χ2n) is 2.32. The molecule has 70 valence electrons. The van der Waals surface area contributed by atoms with Crippen molar-refractivity contribution in [3.63, 3.8) is 0 Å². The third-order valence-corrected chi connectivity index (χ3v) is 1.30. The van der Waals surface area contributed by atoms with Gasteiger partial charge in [-0.2, -0.15) is 10.2 Å². The molecule has 5 heteroatoms. The molecule has 1 atom stereocenters. The third kappa shape index (κ3) is 5.56. The van der Waals surface area contributed by atoms with E-state index >= 15 is 0 Å². The first-order valence-electron chi connectivity index (χ1n) is 3.90. The van der Waals surface area contributed by atoms with Crippen molar-refractivity contribution >= 4 is 5.91 Å². The maximum atomic E-state index is 10.9. The van der Waals surface area contributed by atoms with Crippen LogP contribution >= 0.6 is 0 Å². The van der Waals surface area contributed by atoms with Gasteiger partial charge in [-0.25, -0.2) is 0 Å². The number of amides is 1. The lowest BCUT2D eigenvalue weighted by molar-refractivity contribution is -0.121. The van der Waals surface area contributed by atoms with Crippen molar-refractivity contribution in [2.45, 2.75) is 19.4 Å². The van der Waals surface area contributed by atoms with E-state index < -0.39 is 6.04 Å². The van der Waals surface area contributed by atoms with Crippen LogP contribution in [-0.4, -0.2) is 18.5 Å². The minimum Gasteiger partial charge on any atom is -0.356 e. The van der Waals surface area contributed by atoms with Gasteiger partial charge in [-0.1, -0.05) is 5.18 Å². The van der Waals surface area contributed by atoms with Crippen LogP contribution in [0.5, 0.6) is 0 Å². The molecule has 0 saturated heterocycles. The Morgan fingerprint density at radius 2 is 2.46 bits per heavy atom. The number of hydrogen-bond donors (Lipinski definition) is 1. The first-order valence-corrected chi connectivity index (χ1v) is 3.90. The summed E-state index contributed by atoms with van der Waals surface area (Å²) in [4.78, 5) is 21.1. The molecule has 0 radical (unpaired) electrons. The molecule has 0 aliphatic rings. The maximum Gasteiger partial charge on any atom is 0.222 e. The van der Waals surface area contributed by atoms with Crippen molar-refractivity contribution in [1.29, 1.82) is 5.26 Å². The topological polar surface area (TPSA) is 82.3 Å². The fourth-order valence-electron chi connectivity index (χ4n) is 0.754. The molecule has 13 heavy (non-hydrogen) atoms. The zero-order chi connectivity index (χ0) is 10.1. The van der Waals surface area contributed by atoms with Crippen molar-refractivity contribution in [2.24, 2.45) is 5.18 Å². The smallest absolute Gasteiger partial charge is 0.222 e. The predicted molar refractivity (Wildman–Crippen MR) is 47.6 cm³/mol. The molecule has 0 bridgehead atoms. The summed E-state index contributed by atoms with van der Waals surface area (Å²) in [6.07, 6.45) is 2.45. The molecular formula is C8H11N3O2. The van der Waals surface area contributed by atoms with Gasteiger partial charge >= 0.3 is 0 Å². The number of nitriles is 1. The average Bonchev–Trinajstić information content (AvgIpc) is 2.12. The van der Waals surface area contributed by atoms with Crippen molar-refractivity contribution in [3.8, 4) is 6.07 Å². The van der Waals surface area contributed by atoms with Crippen LogP contribution in [0.1, 0.15) is 13.3 Å². The second kappa shape index (κ2) is 6.98. The van der Waals surface area contributed by atoms with Gasteiger partial charge in [0.25, 0.3) is 0 Å². The monoisotopic (exact) mass is 181 g/mol. The molecule has 0 aliphatic carbocycles. The van der Waals surface area contributed by atoms with Crippen LogP contribution in [0.15, 0.2) is 17.3 Å². The molecule has 1 amide bonds. The number of rotatable bonds is 5. The van der Waals surface area contributed by atoms with Crippen molar-refractivity contribution in [1.82, 2.24) is 5.32 Å². The average molecular weight is 181 g/mol. The number of nitrogens with one attached hydrogen (secondary N) is 1. The van der Waals surface area contributed by atoms with E-state index in [1.54, 1.807) is 13.0 Å². The van der Waals surface area contributed by atoms with Crippen LogP contribution in [0.25, 0.3) is 0 Å². The first-order chi connectivity index (χ1) is 6.24. The van der Waals surface area contributed by atoms with E-state index in [0.29, 0.717) is 6.54 Å². The molecular weight excluding hydrogens is 170 g/mol. The fourth-order valence-corrected chi connectivity index (χ4v) is 0.754. The minimum absolute atomic E-state index is 0.00444. The van der Waals surface area contributed by atoms with Crippen LogP contribution in [0, 0.1) is 16.2 Å². The number of hydrogen-bond acceptors (Lipinski definition) is 4. The number of nitroso groups, excluding NO2 is 1. The summed E-state index contributed by atoms with van der Waals surface area (Å²) in [7, 11) is 0. The molecule has 0 aromatic rings. The first kappa shape index (κ1) is 11.3. The summed E-state index contributed by atoms with van der Waals surface area (Å²) >= 11 is 0. The SMILES string of the molecule is CCNC(=O)CC(/C=C\C#N)N=O. The molecule has 0 aliphatic heterocycles. The number of carbonyl (C=O) groups is 1. The minimum atomic E-state index is -0.744. The fraction of sp³-hybridized carbons (Fsp3) is 0.500. The Kier molecular flexibility index (Phi) is 6.06. The van der Waals surface area contributed by atoms with Crippen LogP contribution in [0.3, 0.4) is 0 Å². The van der Waals surface area contributed by atoms with E-state index in [1.165, 1.54) is 6.08 Å². The Balaban J connectivity index is 3.99. The standard InChI is InChI=1S/C8H11N3O2/c1-2-10-8(12)6-7(11-13)4-3-5-9/h3-4,7H,2,6H2,1H3,(H,10,12)/b4-3-. The van der Waals surface area contributed by atoms with Gasteiger partial charge in [0.2, 0.25) is 5.91 Å². The van der Waals surface area contributed by atoms with Crippen LogP contribution in [0.4, 0.5) is 0 Å². The quantitative estimate of drug-likeness (QED) is 0.501. The molecule has 1 N–H and O–H groups in total. The van der Waals surface area contributed by atoms with Crippen LogP contribution in [0.2, 0.25) is 0 Å². The lowest BCUT2D eigenvalue weighted by Gasteiger charge is -2.02. The Morgan fingerprint density at radius 1 is 1.77 bits per heavy atom. The molecule has 1 unspecified atom stereocenters. The van der Waals surface area contributed by atoms with Gasteiger partial charge in [0.15, 0.2) is 0 Å².